The third-order valence-corrected chi connectivity index (χ3v) is 17.1. The number of methoxy groups -OCH3 is 2. The molecule has 0 amide bonds. The molecule has 0 spiro atoms. The summed E-state index contributed by atoms with van der Waals surface area (Å²) < 4.78 is 94.5. The van der Waals surface area contributed by atoms with Gasteiger partial charge in [-0.1, -0.05) is 0 Å². The minimum atomic E-state index is -2.25. The van der Waals surface area contributed by atoms with Crippen LogP contribution in [-0.2, 0) is 80.5 Å². The summed E-state index contributed by atoms with van der Waals surface area (Å²) in [7, 11) is 2.35. The standard InChI is InChI=1S/C50H86O41/c1-75-35-11(3-51)77-43(27(67)19(35)59)88-45-29(69)21(61)37(13(5-53)79-45)85-39-15(7-55)81-47(31(71)23(39)63)90-49-33(73)25(65)41(17(9-57)83-49)87-42-18(10-58)84-50(34(74)26(42)66)91-48-32(72)24(64)40(16(8-56)82-48)86-38-14(6-54)80-46(30(70)22(38)62)89-44-28(68)20(60)36(76-2)12(4-52)78-44/h11-74H,3-10H2,1-2H3. The molecule has 24 N–H and O–H groups in total. The molecule has 41 nitrogen and oxygen atoms in total. The SMILES string of the molecule is COC1C(CO)OC(OC2OC(CO)C(OC3C(CO)OC(OC4OC(CO)C(OC5C(CO)OC(OC6OC(CO)C(OC7C(CO)OC(OC8OC(CO)C(OC)C(O)C8O)C(O)C7O)C(O)C6O)C(O)C5O)C(O)C4O)C(O)C3O)C(O)C2O)C(O)C1O. The first-order chi connectivity index (χ1) is 43.3. The Labute approximate surface area is 515 Å². The van der Waals surface area contributed by atoms with Gasteiger partial charge >= 0.3 is 0 Å². The quantitative estimate of drug-likeness (QED) is 0.0427. The first kappa shape index (κ1) is 75.1. The first-order valence-corrected chi connectivity index (χ1v) is 29.0. The Morgan fingerprint density at radius 3 is 0.429 bits per heavy atom. The molecule has 40 atom stereocenters. The molecule has 0 saturated carbocycles. The lowest BCUT2D eigenvalue weighted by atomic mass is 9.94. The fraction of sp³-hybridized carbons (Fsp3) is 1.00. The molecule has 8 fully saturated rings. The van der Waals surface area contributed by atoms with Gasteiger partial charge in [-0.15, -0.1) is 0 Å². The summed E-state index contributed by atoms with van der Waals surface area (Å²) in [5.41, 5.74) is 0. The average Bonchev–Trinajstić information content (AvgIpc) is 1.47. The van der Waals surface area contributed by atoms with Gasteiger partial charge in [0.05, 0.1) is 52.9 Å². The summed E-state index contributed by atoms with van der Waals surface area (Å²) in [4.78, 5) is 0. The normalized spacial score (nSPS) is 52.7. The molecule has 0 bridgehead atoms. The molecule has 40 unspecified atom stereocenters. The molecule has 8 aliphatic heterocycles. The van der Waals surface area contributed by atoms with E-state index in [1.807, 2.05) is 0 Å². The Morgan fingerprint density at radius 2 is 0.308 bits per heavy atom. The number of ether oxygens (including phenoxy) is 17. The topological polar surface area (TPSA) is 642 Å². The van der Waals surface area contributed by atoms with E-state index in [2.05, 4.69) is 0 Å². The van der Waals surface area contributed by atoms with Crippen molar-refractivity contribution in [3.05, 3.63) is 0 Å². The van der Waals surface area contributed by atoms with E-state index in [1.165, 1.54) is 14.2 Å². The van der Waals surface area contributed by atoms with Crippen molar-refractivity contribution in [1.29, 1.82) is 0 Å². The maximum atomic E-state index is 11.4. The maximum absolute atomic E-state index is 11.4. The molecule has 532 valence electrons. The van der Waals surface area contributed by atoms with Gasteiger partial charge < -0.3 is 203 Å². The highest BCUT2D eigenvalue weighted by Gasteiger charge is 2.59. The van der Waals surface area contributed by atoms with Crippen molar-refractivity contribution in [2.45, 2.75) is 246 Å². The minimum absolute atomic E-state index is 0.716. The molecule has 0 aromatic rings. The molecule has 0 aliphatic carbocycles. The van der Waals surface area contributed by atoms with Crippen LogP contribution < -0.4 is 0 Å². The second kappa shape index (κ2) is 32.8. The van der Waals surface area contributed by atoms with Crippen LogP contribution in [-0.4, -0.2) is 435 Å². The summed E-state index contributed by atoms with van der Waals surface area (Å²) >= 11 is 0. The third-order valence-electron chi connectivity index (χ3n) is 17.1. The highest BCUT2D eigenvalue weighted by atomic mass is 16.8. The maximum Gasteiger partial charge on any atom is 0.189 e. The van der Waals surface area contributed by atoms with Gasteiger partial charge in [0.15, 0.2) is 50.3 Å². The predicted octanol–water partition coefficient (Wildman–Crippen LogP) is -17.1. The summed E-state index contributed by atoms with van der Waals surface area (Å²) in [6, 6.07) is 0. The van der Waals surface area contributed by atoms with Crippen LogP contribution in [0, 0.1) is 0 Å². The minimum Gasteiger partial charge on any atom is -0.394 e. The van der Waals surface area contributed by atoms with Crippen molar-refractivity contribution in [3.63, 3.8) is 0 Å². The fourth-order valence-corrected chi connectivity index (χ4v) is 12.0. The largest absolute Gasteiger partial charge is 0.394 e. The molecule has 8 rings (SSSR count). The van der Waals surface area contributed by atoms with Gasteiger partial charge in [0.1, 0.15) is 195 Å². The first-order valence-electron chi connectivity index (χ1n) is 29.0. The van der Waals surface area contributed by atoms with Crippen LogP contribution in [0.25, 0.3) is 0 Å². The smallest absolute Gasteiger partial charge is 0.189 e. The molecule has 0 radical (unpaired) electrons. The van der Waals surface area contributed by atoms with E-state index in [0.717, 1.165) is 0 Å². The summed E-state index contributed by atoms with van der Waals surface area (Å²) in [6.07, 6.45) is -75.4. The van der Waals surface area contributed by atoms with Gasteiger partial charge in [0.25, 0.3) is 0 Å². The van der Waals surface area contributed by atoms with Gasteiger partial charge in [-0.2, -0.15) is 0 Å². The zero-order valence-corrected chi connectivity index (χ0v) is 48.4. The van der Waals surface area contributed by atoms with Gasteiger partial charge in [-0.05, 0) is 0 Å². The van der Waals surface area contributed by atoms with Crippen LogP contribution in [0.2, 0.25) is 0 Å². The fourth-order valence-electron chi connectivity index (χ4n) is 12.0. The van der Waals surface area contributed by atoms with E-state index in [1.54, 1.807) is 0 Å². The average molecular weight is 1340 g/mol. The molecule has 0 aromatic carbocycles. The zero-order valence-electron chi connectivity index (χ0n) is 48.4. The lowest BCUT2D eigenvalue weighted by Crippen LogP contribution is -2.68. The van der Waals surface area contributed by atoms with Gasteiger partial charge in [0.2, 0.25) is 0 Å². The van der Waals surface area contributed by atoms with E-state index >= 15 is 0 Å². The van der Waals surface area contributed by atoms with Crippen molar-refractivity contribution in [2.75, 3.05) is 67.1 Å². The van der Waals surface area contributed by atoms with Crippen LogP contribution in [0.15, 0.2) is 0 Å². The third kappa shape index (κ3) is 15.5. The summed E-state index contributed by atoms with van der Waals surface area (Å²) in [6.45, 7) is -7.68. The highest BCUT2D eigenvalue weighted by molar-refractivity contribution is 5.02. The molecule has 0 aromatic heterocycles. The number of hydrogen-bond acceptors (Lipinski definition) is 41. The van der Waals surface area contributed by atoms with Gasteiger partial charge in [0, 0.05) is 14.2 Å². The van der Waals surface area contributed by atoms with E-state index in [9.17, 15) is 123 Å². The van der Waals surface area contributed by atoms with Crippen molar-refractivity contribution in [3.8, 4) is 0 Å². The Bertz CT molecular complexity index is 2010. The Kier molecular flexibility index (Phi) is 27.1. The van der Waals surface area contributed by atoms with Crippen LogP contribution in [0.4, 0.5) is 0 Å². The molecule has 8 heterocycles. The second-order valence-corrected chi connectivity index (χ2v) is 22.8. The number of rotatable bonds is 24. The molecule has 8 saturated heterocycles. The Morgan fingerprint density at radius 1 is 0.187 bits per heavy atom. The molecule has 91 heavy (non-hydrogen) atoms. The molecule has 8 aliphatic rings. The van der Waals surface area contributed by atoms with Gasteiger partial charge in [-0.25, -0.2) is 0 Å². The van der Waals surface area contributed by atoms with Gasteiger partial charge in [-0.3, -0.25) is 0 Å². The lowest BCUT2D eigenvalue weighted by molar-refractivity contribution is -0.404. The van der Waals surface area contributed by atoms with E-state index in [0.29, 0.717) is 0 Å². The summed E-state index contributed by atoms with van der Waals surface area (Å²) in [5.74, 6) is 0. The van der Waals surface area contributed by atoms with Crippen molar-refractivity contribution < 1.29 is 203 Å². The molecular formula is C50H86O41. The van der Waals surface area contributed by atoms with Crippen molar-refractivity contribution in [1.82, 2.24) is 0 Å². The van der Waals surface area contributed by atoms with Crippen LogP contribution in [0.3, 0.4) is 0 Å². The highest BCUT2D eigenvalue weighted by Crippen LogP contribution is 2.39. The molecule has 41 heteroatoms. The summed E-state index contributed by atoms with van der Waals surface area (Å²) in [5, 5.41) is 259. The van der Waals surface area contributed by atoms with E-state index < -0.39 is 299 Å². The van der Waals surface area contributed by atoms with Crippen molar-refractivity contribution >= 4 is 0 Å². The Hall–Kier alpha value is -1.64. The van der Waals surface area contributed by atoms with E-state index in [4.69, 9.17) is 80.5 Å². The van der Waals surface area contributed by atoms with Crippen LogP contribution >= 0.6 is 0 Å². The van der Waals surface area contributed by atoms with Crippen LogP contribution in [0.5, 0.6) is 0 Å². The second-order valence-electron chi connectivity index (χ2n) is 22.8. The Balaban J connectivity index is 0.848. The van der Waals surface area contributed by atoms with Crippen LogP contribution in [0.1, 0.15) is 0 Å². The monoisotopic (exact) mass is 1340 g/mol. The molecular weight excluding hydrogens is 1260 g/mol. The number of aliphatic hydroxyl groups is 24. The number of aliphatic hydroxyl groups excluding tert-OH is 24. The van der Waals surface area contributed by atoms with Crippen molar-refractivity contribution in [2.24, 2.45) is 0 Å². The van der Waals surface area contributed by atoms with E-state index in [-0.39, 0.29) is 0 Å². The predicted molar refractivity (Wildman–Crippen MR) is 274 cm³/mol. The lowest BCUT2D eigenvalue weighted by Gasteiger charge is -2.50. The zero-order chi connectivity index (χ0) is 66.8. The number of hydrogen-bond donors (Lipinski definition) is 24.